The Hall–Kier alpha value is -1.62. The number of rotatable bonds is 3. The van der Waals surface area contributed by atoms with Crippen molar-refractivity contribution in [2.24, 2.45) is 0 Å². The van der Waals surface area contributed by atoms with Gasteiger partial charge in [0.2, 0.25) is 0 Å². The van der Waals surface area contributed by atoms with E-state index in [1.54, 1.807) is 18.3 Å². The molecule has 0 atom stereocenters. The van der Waals surface area contributed by atoms with Gasteiger partial charge in [0.15, 0.2) is 17.4 Å². The molecule has 2 rings (SSSR count). The molecule has 2 nitrogen and oxygen atoms in total. The van der Waals surface area contributed by atoms with Gasteiger partial charge < -0.3 is 5.11 Å². The number of halogens is 2. The molecular weight excluding hydrogens is 268 g/mol. The molecule has 0 radical (unpaired) electrons. The topological polar surface area (TPSA) is 33.1 Å². The van der Waals surface area contributed by atoms with Crippen molar-refractivity contribution in [3.8, 4) is 16.9 Å². The molecule has 0 aliphatic carbocycles. The number of phenolic OH excluding ortho intramolecular Hbond substituents is 1. The quantitative estimate of drug-likeness (QED) is 0.854. The van der Waals surface area contributed by atoms with E-state index in [-0.39, 0.29) is 0 Å². The Morgan fingerprint density at radius 3 is 2.42 bits per heavy atom. The van der Waals surface area contributed by atoms with Crippen LogP contribution in [0.15, 0.2) is 35.5 Å². The predicted octanol–water partition coefficient (Wildman–Crippen LogP) is 4.23. The number of aromatic nitrogens is 1. The van der Waals surface area contributed by atoms with Crippen molar-refractivity contribution in [3.05, 3.63) is 42.1 Å². The van der Waals surface area contributed by atoms with Crippen LogP contribution in [-0.4, -0.2) is 15.3 Å². The van der Waals surface area contributed by atoms with E-state index in [0.29, 0.717) is 21.4 Å². The van der Waals surface area contributed by atoms with Gasteiger partial charge in [-0.25, -0.2) is 13.8 Å². The first-order valence-electron chi connectivity index (χ1n) is 5.79. The summed E-state index contributed by atoms with van der Waals surface area (Å²) in [6.07, 6.45) is 1.64. The second kappa shape index (κ2) is 5.57. The standard InChI is InChI=1S/C14H13F2NOS/c1-8(2)19-14-10(4-3-5-17-14)9-6-11(15)13(18)12(16)7-9/h3-8,18H,1-2H3. The highest BCUT2D eigenvalue weighted by atomic mass is 32.2. The van der Waals surface area contributed by atoms with Gasteiger partial charge in [-0.2, -0.15) is 0 Å². The molecule has 0 saturated carbocycles. The molecule has 0 unspecified atom stereocenters. The van der Waals surface area contributed by atoms with E-state index in [1.807, 2.05) is 13.8 Å². The van der Waals surface area contributed by atoms with Crippen molar-refractivity contribution in [1.82, 2.24) is 4.98 Å². The number of hydrogen-bond donors (Lipinski definition) is 1. The van der Waals surface area contributed by atoms with E-state index in [2.05, 4.69) is 4.98 Å². The van der Waals surface area contributed by atoms with Gasteiger partial charge in [0, 0.05) is 17.0 Å². The fourth-order valence-corrected chi connectivity index (χ4v) is 2.53. The summed E-state index contributed by atoms with van der Waals surface area (Å²) >= 11 is 1.52. The number of hydrogen-bond acceptors (Lipinski definition) is 3. The monoisotopic (exact) mass is 281 g/mol. The zero-order valence-electron chi connectivity index (χ0n) is 10.5. The van der Waals surface area contributed by atoms with Gasteiger partial charge >= 0.3 is 0 Å². The van der Waals surface area contributed by atoms with Crippen molar-refractivity contribution in [1.29, 1.82) is 0 Å². The van der Waals surface area contributed by atoms with E-state index in [0.717, 1.165) is 12.1 Å². The fourth-order valence-electron chi connectivity index (χ4n) is 1.65. The number of aromatic hydroxyl groups is 1. The van der Waals surface area contributed by atoms with Gasteiger partial charge in [-0.15, -0.1) is 11.8 Å². The molecular formula is C14H13F2NOS. The maximum atomic E-state index is 13.4. The van der Waals surface area contributed by atoms with Crippen LogP contribution in [0.3, 0.4) is 0 Å². The van der Waals surface area contributed by atoms with Crippen LogP contribution in [0.1, 0.15) is 13.8 Å². The zero-order valence-corrected chi connectivity index (χ0v) is 11.3. The highest BCUT2D eigenvalue weighted by molar-refractivity contribution is 7.99. The summed E-state index contributed by atoms with van der Waals surface area (Å²) in [6.45, 7) is 4.03. The molecule has 0 aliphatic heterocycles. The lowest BCUT2D eigenvalue weighted by molar-refractivity contribution is 0.396. The maximum Gasteiger partial charge on any atom is 0.187 e. The molecule has 2 aromatic rings. The van der Waals surface area contributed by atoms with Crippen LogP contribution in [0, 0.1) is 11.6 Å². The minimum absolute atomic E-state index is 0.306. The van der Waals surface area contributed by atoms with Gasteiger partial charge in [-0.05, 0) is 23.8 Å². The van der Waals surface area contributed by atoms with Crippen molar-refractivity contribution < 1.29 is 13.9 Å². The molecule has 0 amide bonds. The Labute approximate surface area is 114 Å². The highest BCUT2D eigenvalue weighted by Gasteiger charge is 2.14. The Morgan fingerprint density at radius 1 is 1.21 bits per heavy atom. The Morgan fingerprint density at radius 2 is 1.84 bits per heavy atom. The Kier molecular flexibility index (Phi) is 4.04. The van der Waals surface area contributed by atoms with Crippen LogP contribution in [0.4, 0.5) is 8.78 Å². The van der Waals surface area contributed by atoms with Crippen molar-refractivity contribution in [2.45, 2.75) is 24.1 Å². The first-order chi connectivity index (χ1) is 8.99. The minimum Gasteiger partial charge on any atom is -0.503 e. The molecule has 5 heteroatoms. The van der Waals surface area contributed by atoms with Crippen LogP contribution in [0.5, 0.6) is 5.75 Å². The van der Waals surface area contributed by atoms with E-state index < -0.39 is 17.4 Å². The first kappa shape index (κ1) is 13.8. The number of nitrogens with zero attached hydrogens (tertiary/aromatic N) is 1. The van der Waals surface area contributed by atoms with Gasteiger partial charge in [0.1, 0.15) is 5.03 Å². The summed E-state index contributed by atoms with van der Waals surface area (Å²) in [5.41, 5.74) is 1.02. The average molecular weight is 281 g/mol. The third-order valence-corrected chi connectivity index (χ3v) is 3.47. The van der Waals surface area contributed by atoms with E-state index in [4.69, 9.17) is 5.11 Å². The molecule has 19 heavy (non-hydrogen) atoms. The molecule has 100 valence electrons. The predicted molar refractivity (Wildman–Crippen MR) is 72.2 cm³/mol. The fraction of sp³-hybridized carbons (Fsp3) is 0.214. The van der Waals surface area contributed by atoms with Gasteiger partial charge in [0.25, 0.3) is 0 Å². The number of pyridine rings is 1. The van der Waals surface area contributed by atoms with E-state index in [9.17, 15) is 8.78 Å². The molecule has 0 aliphatic rings. The zero-order chi connectivity index (χ0) is 14.0. The molecule has 1 aromatic carbocycles. The lowest BCUT2D eigenvalue weighted by Crippen LogP contribution is -1.93. The molecule has 1 N–H and O–H groups in total. The average Bonchev–Trinajstić information content (AvgIpc) is 2.35. The molecule has 0 bridgehead atoms. The lowest BCUT2D eigenvalue weighted by atomic mass is 10.1. The smallest absolute Gasteiger partial charge is 0.187 e. The van der Waals surface area contributed by atoms with E-state index in [1.165, 1.54) is 11.8 Å². The highest BCUT2D eigenvalue weighted by Crippen LogP contribution is 2.34. The molecule has 0 spiro atoms. The largest absolute Gasteiger partial charge is 0.503 e. The lowest BCUT2D eigenvalue weighted by Gasteiger charge is -2.11. The third kappa shape index (κ3) is 3.04. The summed E-state index contributed by atoms with van der Waals surface area (Å²) in [7, 11) is 0. The van der Waals surface area contributed by atoms with Crippen LogP contribution in [-0.2, 0) is 0 Å². The van der Waals surface area contributed by atoms with Crippen molar-refractivity contribution in [3.63, 3.8) is 0 Å². The molecule has 1 heterocycles. The van der Waals surface area contributed by atoms with Gasteiger partial charge in [0.05, 0.1) is 0 Å². The minimum atomic E-state index is -0.973. The van der Waals surface area contributed by atoms with Crippen molar-refractivity contribution in [2.75, 3.05) is 0 Å². The summed E-state index contributed by atoms with van der Waals surface area (Å²) in [4.78, 5) is 4.23. The second-order valence-corrected chi connectivity index (χ2v) is 5.88. The summed E-state index contributed by atoms with van der Waals surface area (Å²) in [6, 6.07) is 5.69. The summed E-state index contributed by atoms with van der Waals surface area (Å²) in [5.74, 6) is -2.90. The Balaban J connectivity index is 2.53. The molecule has 1 aromatic heterocycles. The van der Waals surface area contributed by atoms with E-state index >= 15 is 0 Å². The van der Waals surface area contributed by atoms with Crippen LogP contribution < -0.4 is 0 Å². The number of thioether (sulfide) groups is 1. The summed E-state index contributed by atoms with van der Waals surface area (Å²) in [5, 5.41) is 10.1. The third-order valence-electron chi connectivity index (χ3n) is 2.45. The van der Waals surface area contributed by atoms with Crippen molar-refractivity contribution >= 4 is 11.8 Å². The Bertz CT molecular complexity index is 579. The second-order valence-electron chi connectivity index (χ2n) is 4.31. The maximum absolute atomic E-state index is 13.4. The van der Waals surface area contributed by atoms with Crippen LogP contribution in [0.25, 0.3) is 11.1 Å². The van der Waals surface area contributed by atoms with Gasteiger partial charge in [-0.3, -0.25) is 0 Å². The summed E-state index contributed by atoms with van der Waals surface area (Å²) < 4.78 is 26.8. The number of phenols is 1. The molecule has 0 fully saturated rings. The first-order valence-corrected chi connectivity index (χ1v) is 6.67. The normalized spacial score (nSPS) is 11.0. The number of benzene rings is 1. The van der Waals surface area contributed by atoms with Gasteiger partial charge in [-0.1, -0.05) is 19.9 Å². The van der Waals surface area contributed by atoms with Crippen LogP contribution >= 0.6 is 11.8 Å². The van der Waals surface area contributed by atoms with Crippen LogP contribution in [0.2, 0.25) is 0 Å². The molecule has 0 saturated heterocycles. The SMILES string of the molecule is CC(C)Sc1ncccc1-c1cc(F)c(O)c(F)c1.